The van der Waals surface area contributed by atoms with Gasteiger partial charge in [-0.15, -0.1) is 11.3 Å². The lowest BCUT2D eigenvalue weighted by Crippen LogP contribution is -2.40. The van der Waals surface area contributed by atoms with Crippen molar-refractivity contribution in [2.45, 2.75) is 12.6 Å². The summed E-state index contributed by atoms with van der Waals surface area (Å²) in [7, 11) is 0. The van der Waals surface area contributed by atoms with Crippen LogP contribution in [-0.2, 0) is 16.1 Å². The van der Waals surface area contributed by atoms with Gasteiger partial charge in [-0.05, 0) is 29.8 Å². The molecular weight excluding hydrogens is 402 g/mol. The highest BCUT2D eigenvalue weighted by molar-refractivity contribution is 7.17. The minimum atomic E-state index is -0.731. The quantitative estimate of drug-likeness (QED) is 0.603. The fraction of sp³-hybridized carbons (Fsp3) is 0.368. The van der Waals surface area contributed by atoms with Crippen LogP contribution in [0.25, 0.3) is 0 Å². The van der Waals surface area contributed by atoms with Crippen LogP contribution in [-0.4, -0.2) is 60.8 Å². The second kappa shape index (κ2) is 9.88. The van der Waals surface area contributed by atoms with Gasteiger partial charge in [-0.1, -0.05) is 23.7 Å². The van der Waals surface area contributed by atoms with E-state index in [-0.39, 0.29) is 25.0 Å². The van der Waals surface area contributed by atoms with Crippen LogP contribution in [0.1, 0.15) is 15.2 Å². The molecule has 3 rings (SSSR count). The number of nitrogens with zero attached hydrogens (tertiary/aromatic N) is 1. The van der Waals surface area contributed by atoms with E-state index in [0.717, 1.165) is 11.3 Å². The van der Waals surface area contributed by atoms with Gasteiger partial charge in [0.25, 0.3) is 5.91 Å². The zero-order valence-electron chi connectivity index (χ0n) is 15.2. The number of amides is 2. The SMILES string of the molecule is O=C(NCC(O)CNc1ccc(CN2CCOCC2=O)cc1)c1ccc(Cl)s1. The van der Waals surface area contributed by atoms with Crippen molar-refractivity contribution in [2.75, 3.05) is 38.2 Å². The Bertz CT molecular complexity index is 812. The van der Waals surface area contributed by atoms with Crippen molar-refractivity contribution in [3.05, 3.63) is 51.2 Å². The van der Waals surface area contributed by atoms with Crippen molar-refractivity contribution >= 4 is 40.4 Å². The number of benzene rings is 1. The van der Waals surface area contributed by atoms with Gasteiger partial charge in [0.2, 0.25) is 5.91 Å². The van der Waals surface area contributed by atoms with E-state index < -0.39 is 6.10 Å². The van der Waals surface area contributed by atoms with E-state index in [9.17, 15) is 14.7 Å². The molecule has 1 saturated heterocycles. The van der Waals surface area contributed by atoms with Crippen molar-refractivity contribution in [3.8, 4) is 0 Å². The normalized spacial score (nSPS) is 15.4. The number of ether oxygens (including phenoxy) is 1. The molecule has 1 atom stereocenters. The van der Waals surface area contributed by atoms with Gasteiger partial charge in [0.15, 0.2) is 0 Å². The molecule has 1 unspecified atom stereocenters. The first-order valence-corrected chi connectivity index (χ1v) is 10.1. The number of morpholine rings is 1. The molecule has 0 saturated carbocycles. The third-order valence-corrected chi connectivity index (χ3v) is 5.48. The summed E-state index contributed by atoms with van der Waals surface area (Å²) in [5, 5.41) is 15.9. The number of nitrogens with one attached hydrogen (secondary N) is 2. The molecule has 1 aromatic carbocycles. The summed E-state index contributed by atoms with van der Waals surface area (Å²) < 4.78 is 5.68. The van der Waals surface area contributed by atoms with Crippen LogP contribution >= 0.6 is 22.9 Å². The third kappa shape index (κ3) is 5.93. The molecule has 2 aromatic rings. The van der Waals surface area contributed by atoms with Gasteiger partial charge >= 0.3 is 0 Å². The second-order valence-corrected chi connectivity index (χ2v) is 8.13. The van der Waals surface area contributed by atoms with Crippen molar-refractivity contribution in [2.24, 2.45) is 0 Å². The molecule has 2 amide bonds. The monoisotopic (exact) mass is 423 g/mol. The fourth-order valence-electron chi connectivity index (χ4n) is 2.71. The minimum absolute atomic E-state index is 0.00319. The van der Waals surface area contributed by atoms with Gasteiger partial charge in [-0.25, -0.2) is 0 Å². The molecule has 150 valence electrons. The summed E-state index contributed by atoms with van der Waals surface area (Å²) in [6, 6.07) is 11.0. The summed E-state index contributed by atoms with van der Waals surface area (Å²) >= 11 is 7.01. The number of hydrogen-bond acceptors (Lipinski definition) is 6. The number of aliphatic hydroxyl groups is 1. The maximum Gasteiger partial charge on any atom is 0.261 e. The summed E-state index contributed by atoms with van der Waals surface area (Å²) in [6.45, 7) is 2.32. The highest BCUT2D eigenvalue weighted by Crippen LogP contribution is 2.21. The van der Waals surface area contributed by atoms with Crippen LogP contribution in [0.2, 0.25) is 4.34 Å². The van der Waals surface area contributed by atoms with E-state index in [2.05, 4.69) is 10.6 Å². The number of aliphatic hydroxyl groups excluding tert-OH is 1. The van der Waals surface area contributed by atoms with E-state index >= 15 is 0 Å². The Morgan fingerprint density at radius 2 is 2.04 bits per heavy atom. The Labute approximate surface area is 172 Å². The van der Waals surface area contributed by atoms with E-state index in [1.807, 2.05) is 24.3 Å². The van der Waals surface area contributed by atoms with Gasteiger partial charge in [-0.2, -0.15) is 0 Å². The summed E-state index contributed by atoms with van der Waals surface area (Å²) in [5.74, 6) is -0.249. The van der Waals surface area contributed by atoms with Gasteiger partial charge in [0, 0.05) is 31.9 Å². The Morgan fingerprint density at radius 3 is 2.71 bits per heavy atom. The Kier molecular flexibility index (Phi) is 7.27. The minimum Gasteiger partial charge on any atom is -0.389 e. The number of carbonyl (C=O) groups excluding carboxylic acids is 2. The molecule has 1 fully saturated rings. The lowest BCUT2D eigenvalue weighted by molar-refractivity contribution is -0.143. The number of rotatable bonds is 8. The number of carbonyl (C=O) groups is 2. The molecule has 0 aliphatic carbocycles. The molecule has 1 aliphatic heterocycles. The first-order valence-electron chi connectivity index (χ1n) is 8.91. The molecule has 2 heterocycles. The highest BCUT2D eigenvalue weighted by Gasteiger charge is 2.18. The van der Waals surface area contributed by atoms with Gasteiger partial charge < -0.3 is 25.4 Å². The number of hydrogen-bond donors (Lipinski definition) is 3. The molecule has 9 heteroatoms. The summed E-state index contributed by atoms with van der Waals surface area (Å²) in [4.78, 5) is 26.0. The first-order chi connectivity index (χ1) is 13.5. The molecule has 0 bridgehead atoms. The number of anilines is 1. The van der Waals surface area contributed by atoms with Crippen LogP contribution in [0.5, 0.6) is 0 Å². The van der Waals surface area contributed by atoms with Crippen molar-refractivity contribution in [3.63, 3.8) is 0 Å². The largest absolute Gasteiger partial charge is 0.389 e. The maximum absolute atomic E-state index is 11.9. The van der Waals surface area contributed by atoms with Crippen molar-refractivity contribution in [1.29, 1.82) is 0 Å². The molecular formula is C19H22ClN3O4S. The predicted octanol–water partition coefficient (Wildman–Crippen LogP) is 1.96. The van der Waals surface area contributed by atoms with E-state index in [4.69, 9.17) is 16.3 Å². The van der Waals surface area contributed by atoms with E-state index in [1.165, 1.54) is 11.3 Å². The molecule has 0 radical (unpaired) electrons. The Balaban J connectivity index is 1.40. The predicted molar refractivity (Wildman–Crippen MR) is 109 cm³/mol. The zero-order valence-corrected chi connectivity index (χ0v) is 16.8. The molecule has 7 nitrogen and oxygen atoms in total. The molecule has 1 aromatic heterocycles. The maximum atomic E-state index is 11.9. The third-order valence-electron chi connectivity index (χ3n) is 4.25. The van der Waals surface area contributed by atoms with Crippen LogP contribution in [0.3, 0.4) is 0 Å². The lowest BCUT2D eigenvalue weighted by Gasteiger charge is -2.26. The highest BCUT2D eigenvalue weighted by atomic mass is 35.5. The standard InChI is InChI=1S/C19H22ClN3O4S/c20-17-6-5-16(28-17)19(26)22-10-15(24)9-21-14-3-1-13(2-4-14)11-23-7-8-27-12-18(23)25/h1-6,15,21,24H,7-12H2,(H,22,26). The number of thiophene rings is 1. The van der Waals surface area contributed by atoms with Crippen LogP contribution < -0.4 is 10.6 Å². The first kappa shape index (κ1) is 20.6. The molecule has 1 aliphatic rings. The second-order valence-electron chi connectivity index (χ2n) is 6.41. The van der Waals surface area contributed by atoms with Gasteiger partial charge in [0.05, 0.1) is 21.9 Å². The zero-order chi connectivity index (χ0) is 19.9. The summed E-state index contributed by atoms with van der Waals surface area (Å²) in [5.41, 5.74) is 1.88. The Morgan fingerprint density at radius 1 is 1.25 bits per heavy atom. The number of halogens is 1. The molecule has 0 spiro atoms. The smallest absolute Gasteiger partial charge is 0.261 e. The average molecular weight is 424 g/mol. The Hall–Kier alpha value is -2.13. The summed E-state index contributed by atoms with van der Waals surface area (Å²) in [6.07, 6.45) is -0.731. The van der Waals surface area contributed by atoms with E-state index in [1.54, 1.807) is 17.0 Å². The average Bonchev–Trinajstić information content (AvgIpc) is 3.14. The van der Waals surface area contributed by atoms with Crippen LogP contribution in [0.4, 0.5) is 5.69 Å². The lowest BCUT2D eigenvalue weighted by atomic mass is 10.2. The van der Waals surface area contributed by atoms with Crippen LogP contribution in [0, 0.1) is 0 Å². The molecule has 3 N–H and O–H groups in total. The van der Waals surface area contributed by atoms with Crippen LogP contribution in [0.15, 0.2) is 36.4 Å². The van der Waals surface area contributed by atoms with E-state index in [0.29, 0.717) is 35.5 Å². The van der Waals surface area contributed by atoms with Gasteiger partial charge in [-0.3, -0.25) is 9.59 Å². The van der Waals surface area contributed by atoms with Crippen molar-refractivity contribution in [1.82, 2.24) is 10.2 Å². The topological polar surface area (TPSA) is 90.9 Å². The molecule has 28 heavy (non-hydrogen) atoms. The fourth-order valence-corrected chi connectivity index (χ4v) is 3.67. The van der Waals surface area contributed by atoms with Crippen molar-refractivity contribution < 1.29 is 19.4 Å². The van der Waals surface area contributed by atoms with Gasteiger partial charge in [0.1, 0.15) is 6.61 Å².